The van der Waals surface area contributed by atoms with E-state index in [-0.39, 0.29) is 29.6 Å². The van der Waals surface area contributed by atoms with Gasteiger partial charge in [-0.1, -0.05) is 53.7 Å². The number of carbonyl (C=O) groups excluding carboxylic acids is 2. The van der Waals surface area contributed by atoms with Crippen molar-refractivity contribution in [2.75, 3.05) is 20.3 Å². The minimum Gasteiger partial charge on any atom is -0.460 e. The van der Waals surface area contributed by atoms with Crippen LogP contribution in [0.15, 0.2) is 30.5 Å². The van der Waals surface area contributed by atoms with Crippen molar-refractivity contribution < 1.29 is 19.1 Å². The molecule has 0 spiro atoms. The summed E-state index contributed by atoms with van der Waals surface area (Å²) in [6.07, 6.45) is 6.79. The van der Waals surface area contributed by atoms with Crippen LogP contribution in [0.1, 0.15) is 79.2 Å². The largest absolute Gasteiger partial charge is 0.460 e. The molecule has 0 radical (unpaired) electrons. The maximum atomic E-state index is 13.2. The highest BCUT2D eigenvalue weighted by atomic mass is 16.5. The van der Waals surface area contributed by atoms with E-state index in [4.69, 9.17) is 20.9 Å². The van der Waals surface area contributed by atoms with E-state index in [1.807, 2.05) is 27.7 Å². The monoisotopic (exact) mass is 598 g/mol. The van der Waals surface area contributed by atoms with E-state index in [1.54, 1.807) is 7.11 Å². The number of amides is 1. The van der Waals surface area contributed by atoms with Crippen molar-refractivity contribution in [3.8, 4) is 0 Å². The standard InChI is InChI=1S/C35H58N4O4/c1-22(2)28(17-26-11-12-27-13-15-39(31(27)18-26)14-8-16-42-7)19-30(36)32(43-35(41)33(37)24(5)6)20-29(23(3)4)34(40)38-21-25-9-10-25/h11-13,15,18,22-25,28-30,32-33H,8-10,14,16-17,19-21,36-37H2,1-7H3,(H,38,40)/t28-,29-,30-,32-,33-/m0/s1. The highest BCUT2D eigenvalue weighted by Crippen LogP contribution is 2.30. The third kappa shape index (κ3) is 10.6. The number of nitrogens with zero attached hydrogens (tertiary/aromatic N) is 1. The molecule has 5 N–H and O–H groups in total. The number of aromatic nitrogens is 1. The third-order valence-electron chi connectivity index (χ3n) is 9.23. The molecule has 8 nitrogen and oxygen atoms in total. The number of carbonyl (C=O) groups is 2. The molecule has 1 aliphatic carbocycles. The van der Waals surface area contributed by atoms with Crippen molar-refractivity contribution in [2.45, 2.75) is 105 Å². The zero-order valence-electron chi connectivity index (χ0n) is 27.7. The topological polar surface area (TPSA) is 122 Å². The van der Waals surface area contributed by atoms with Crippen molar-refractivity contribution in [3.05, 3.63) is 36.0 Å². The lowest BCUT2D eigenvalue weighted by atomic mass is 9.80. The number of rotatable bonds is 19. The maximum absolute atomic E-state index is 13.2. The molecule has 8 heteroatoms. The zero-order valence-corrected chi connectivity index (χ0v) is 27.7. The summed E-state index contributed by atoms with van der Waals surface area (Å²) in [5.74, 6) is 0.526. The lowest BCUT2D eigenvalue weighted by molar-refractivity contribution is -0.155. The first-order valence-electron chi connectivity index (χ1n) is 16.5. The van der Waals surface area contributed by atoms with Gasteiger partial charge in [-0.25, -0.2) is 0 Å². The third-order valence-corrected chi connectivity index (χ3v) is 9.23. The highest BCUT2D eigenvalue weighted by molar-refractivity contribution is 5.81. The molecule has 1 fully saturated rings. The Morgan fingerprint density at radius 3 is 2.33 bits per heavy atom. The first kappa shape index (κ1) is 35.1. The molecule has 5 atom stereocenters. The van der Waals surface area contributed by atoms with Crippen LogP contribution in [0.3, 0.4) is 0 Å². The number of fused-ring (bicyclic) bond motifs is 1. The van der Waals surface area contributed by atoms with Gasteiger partial charge in [-0.3, -0.25) is 9.59 Å². The van der Waals surface area contributed by atoms with E-state index >= 15 is 0 Å². The molecule has 1 aromatic heterocycles. The minimum absolute atomic E-state index is 0.0190. The van der Waals surface area contributed by atoms with Gasteiger partial charge >= 0.3 is 5.97 Å². The molecule has 2 aromatic rings. The lowest BCUT2D eigenvalue weighted by Gasteiger charge is -2.33. The molecule has 1 saturated carbocycles. The second-order valence-electron chi connectivity index (χ2n) is 13.9. The molecule has 0 unspecified atom stereocenters. The summed E-state index contributed by atoms with van der Waals surface area (Å²) >= 11 is 0. The minimum atomic E-state index is -0.733. The van der Waals surface area contributed by atoms with Crippen LogP contribution in [0.2, 0.25) is 0 Å². The Kier molecular flexibility index (Phi) is 13.5. The number of nitrogens with two attached hydrogens (primary N) is 2. The highest BCUT2D eigenvalue weighted by Gasteiger charge is 2.35. The van der Waals surface area contributed by atoms with Gasteiger partial charge in [0.1, 0.15) is 12.1 Å². The summed E-state index contributed by atoms with van der Waals surface area (Å²) in [6, 6.07) is 7.70. The fourth-order valence-electron chi connectivity index (χ4n) is 5.77. The fraction of sp³-hybridized carbons (Fsp3) is 0.714. The number of esters is 1. The van der Waals surface area contributed by atoms with Crippen molar-refractivity contribution in [1.82, 2.24) is 9.88 Å². The Hall–Kier alpha value is -2.42. The van der Waals surface area contributed by atoms with Crippen molar-refractivity contribution in [3.63, 3.8) is 0 Å². The molecule has 0 bridgehead atoms. The van der Waals surface area contributed by atoms with Crippen molar-refractivity contribution in [2.24, 2.45) is 47.0 Å². The SMILES string of the molecule is COCCCn1ccc2ccc(C[C@@H](C[C@H](N)[C@H](C[C@H](C(=O)NCC3CC3)C(C)C)OC(=O)[C@@H](N)C(C)C)C(C)C)cc21. The number of aryl methyl sites for hydroxylation is 1. The van der Waals surface area contributed by atoms with E-state index in [1.165, 1.54) is 29.3 Å². The Morgan fingerprint density at radius 2 is 1.72 bits per heavy atom. The number of hydrogen-bond acceptors (Lipinski definition) is 6. The summed E-state index contributed by atoms with van der Waals surface area (Å²) in [6.45, 7) is 14.7. The van der Waals surface area contributed by atoms with Gasteiger partial charge in [0.2, 0.25) is 5.91 Å². The average molecular weight is 599 g/mol. The molecule has 1 aromatic carbocycles. The van der Waals surface area contributed by atoms with E-state index < -0.39 is 24.2 Å². The molecule has 1 amide bonds. The van der Waals surface area contributed by atoms with Gasteiger partial charge in [-0.05, 0) is 91.2 Å². The van der Waals surface area contributed by atoms with Crippen LogP contribution in [0.5, 0.6) is 0 Å². The van der Waals surface area contributed by atoms with Crippen LogP contribution >= 0.6 is 0 Å². The molecule has 1 heterocycles. The van der Waals surface area contributed by atoms with Crippen LogP contribution in [-0.2, 0) is 32.0 Å². The van der Waals surface area contributed by atoms with Gasteiger partial charge in [0.15, 0.2) is 0 Å². The molecule has 1 aliphatic rings. The second-order valence-corrected chi connectivity index (χ2v) is 13.9. The molecular weight excluding hydrogens is 540 g/mol. The summed E-state index contributed by atoms with van der Waals surface area (Å²) in [5, 5.41) is 4.36. The lowest BCUT2D eigenvalue weighted by Crippen LogP contribution is -2.48. The number of methoxy groups -OCH3 is 1. The van der Waals surface area contributed by atoms with Gasteiger partial charge in [-0.2, -0.15) is 0 Å². The fourth-order valence-corrected chi connectivity index (χ4v) is 5.77. The molecule has 0 aliphatic heterocycles. The van der Waals surface area contributed by atoms with Gasteiger partial charge in [0.05, 0.1) is 0 Å². The predicted octanol–water partition coefficient (Wildman–Crippen LogP) is 5.29. The van der Waals surface area contributed by atoms with Gasteiger partial charge < -0.3 is 30.8 Å². The quantitative estimate of drug-likeness (QED) is 0.149. The number of hydrogen-bond donors (Lipinski definition) is 3. The number of ether oxygens (including phenoxy) is 2. The first-order valence-corrected chi connectivity index (χ1v) is 16.5. The van der Waals surface area contributed by atoms with Gasteiger partial charge in [-0.15, -0.1) is 0 Å². The summed E-state index contributed by atoms with van der Waals surface area (Å²) < 4.78 is 13.6. The van der Waals surface area contributed by atoms with Crippen LogP contribution in [0, 0.1) is 35.5 Å². The predicted molar refractivity (Wildman–Crippen MR) is 174 cm³/mol. The number of benzene rings is 1. The second kappa shape index (κ2) is 16.6. The van der Waals surface area contributed by atoms with Crippen LogP contribution in [0.4, 0.5) is 0 Å². The van der Waals surface area contributed by atoms with E-state index in [0.717, 1.165) is 26.0 Å². The van der Waals surface area contributed by atoms with Crippen LogP contribution < -0.4 is 16.8 Å². The van der Waals surface area contributed by atoms with Crippen molar-refractivity contribution >= 4 is 22.8 Å². The van der Waals surface area contributed by atoms with Crippen LogP contribution in [-0.4, -0.2) is 54.9 Å². The summed E-state index contributed by atoms with van der Waals surface area (Å²) in [4.78, 5) is 26.3. The Labute approximate surface area is 259 Å². The Morgan fingerprint density at radius 1 is 1.00 bits per heavy atom. The smallest absolute Gasteiger partial charge is 0.323 e. The zero-order chi connectivity index (χ0) is 31.7. The number of nitrogens with one attached hydrogen (secondary N) is 1. The summed E-state index contributed by atoms with van der Waals surface area (Å²) in [5.41, 5.74) is 15.6. The first-order chi connectivity index (χ1) is 20.4. The maximum Gasteiger partial charge on any atom is 0.323 e. The van der Waals surface area contributed by atoms with Crippen molar-refractivity contribution in [1.29, 1.82) is 0 Å². The molecule has 43 heavy (non-hydrogen) atoms. The average Bonchev–Trinajstić information content (AvgIpc) is 3.71. The molecule has 3 rings (SSSR count). The van der Waals surface area contributed by atoms with Gasteiger partial charge in [0, 0.05) is 50.5 Å². The summed E-state index contributed by atoms with van der Waals surface area (Å²) in [7, 11) is 1.74. The molecule has 0 saturated heterocycles. The van der Waals surface area contributed by atoms with Gasteiger partial charge in [0.25, 0.3) is 0 Å². The van der Waals surface area contributed by atoms with E-state index in [0.29, 0.717) is 31.2 Å². The van der Waals surface area contributed by atoms with E-state index in [2.05, 4.69) is 54.2 Å². The van der Waals surface area contributed by atoms with E-state index in [9.17, 15) is 9.59 Å². The van der Waals surface area contributed by atoms with Crippen LogP contribution in [0.25, 0.3) is 10.9 Å². The Balaban J connectivity index is 1.78. The molecular formula is C35H58N4O4. The Bertz CT molecular complexity index is 1160. The molecule has 242 valence electrons. The normalized spacial score (nSPS) is 17.3.